The van der Waals surface area contributed by atoms with Crippen LogP contribution in [0.15, 0.2) is 18.3 Å². The lowest BCUT2D eigenvalue weighted by molar-refractivity contribution is 0.0690. The number of anilines is 1. The van der Waals surface area contributed by atoms with Crippen LogP contribution in [0.25, 0.3) is 0 Å². The van der Waals surface area contributed by atoms with Gasteiger partial charge in [0.2, 0.25) is 0 Å². The summed E-state index contributed by atoms with van der Waals surface area (Å²) in [6, 6.07) is 2.68. The van der Waals surface area contributed by atoms with E-state index in [1.807, 2.05) is 0 Å². The number of carboxylic acids is 1. The Kier molecular flexibility index (Phi) is 3.45. The summed E-state index contributed by atoms with van der Waals surface area (Å²) in [4.78, 5) is 27.7. The lowest BCUT2D eigenvalue weighted by Gasteiger charge is -2.17. The fourth-order valence-electron chi connectivity index (χ4n) is 1.58. The Morgan fingerprint density at radius 1 is 1.50 bits per heavy atom. The van der Waals surface area contributed by atoms with E-state index < -0.39 is 5.97 Å². The lowest BCUT2D eigenvalue weighted by atomic mass is 10.3. The van der Waals surface area contributed by atoms with Crippen molar-refractivity contribution in [2.75, 3.05) is 18.9 Å². The standard InChI is InChI=1S/C12H15N3O3/c1-15(7-8-2-3-8)12(18)14-9-4-5-10(11(16)17)13-6-9/h4-6,8H,2-3,7H2,1H3,(H,14,18)(H,16,17). The molecular weight excluding hydrogens is 234 g/mol. The Hall–Kier alpha value is -2.11. The maximum absolute atomic E-state index is 11.8. The Labute approximate surface area is 105 Å². The van der Waals surface area contributed by atoms with E-state index in [2.05, 4.69) is 10.3 Å². The van der Waals surface area contributed by atoms with Gasteiger partial charge in [-0.1, -0.05) is 0 Å². The summed E-state index contributed by atoms with van der Waals surface area (Å²) in [6.45, 7) is 0.756. The van der Waals surface area contributed by atoms with Gasteiger partial charge in [0.15, 0.2) is 0 Å². The highest BCUT2D eigenvalue weighted by Crippen LogP contribution is 2.29. The number of urea groups is 1. The van der Waals surface area contributed by atoms with Crippen LogP contribution in [0.3, 0.4) is 0 Å². The molecule has 0 spiro atoms. The zero-order valence-corrected chi connectivity index (χ0v) is 10.1. The number of pyridine rings is 1. The molecule has 0 aromatic carbocycles. The molecule has 1 aromatic heterocycles. The first kappa shape index (κ1) is 12.3. The van der Waals surface area contributed by atoms with Crippen LogP contribution < -0.4 is 5.32 Å². The van der Waals surface area contributed by atoms with Crippen LogP contribution in [-0.4, -0.2) is 40.6 Å². The third-order valence-corrected chi connectivity index (χ3v) is 2.81. The molecule has 1 aromatic rings. The maximum Gasteiger partial charge on any atom is 0.354 e. The number of aromatic carboxylic acids is 1. The molecule has 0 radical (unpaired) electrons. The second kappa shape index (κ2) is 5.03. The van der Waals surface area contributed by atoms with Crippen molar-refractivity contribution in [2.24, 2.45) is 5.92 Å². The molecule has 1 heterocycles. The van der Waals surface area contributed by atoms with Gasteiger partial charge in [0, 0.05) is 13.6 Å². The van der Waals surface area contributed by atoms with E-state index in [0.717, 1.165) is 6.54 Å². The molecule has 1 saturated carbocycles. The molecule has 18 heavy (non-hydrogen) atoms. The summed E-state index contributed by atoms with van der Waals surface area (Å²) in [5.74, 6) is -0.452. The number of carbonyl (C=O) groups is 2. The van der Waals surface area contributed by atoms with E-state index in [1.54, 1.807) is 11.9 Å². The summed E-state index contributed by atoms with van der Waals surface area (Å²) < 4.78 is 0. The largest absolute Gasteiger partial charge is 0.477 e. The van der Waals surface area contributed by atoms with Crippen molar-refractivity contribution in [3.05, 3.63) is 24.0 Å². The minimum absolute atomic E-state index is 0.0423. The number of hydrogen-bond acceptors (Lipinski definition) is 3. The molecule has 96 valence electrons. The molecule has 2 N–H and O–H groups in total. The van der Waals surface area contributed by atoms with Gasteiger partial charge in [-0.2, -0.15) is 0 Å². The van der Waals surface area contributed by atoms with Gasteiger partial charge in [-0.25, -0.2) is 14.6 Å². The van der Waals surface area contributed by atoms with Gasteiger partial charge in [-0.05, 0) is 30.9 Å². The topological polar surface area (TPSA) is 82.5 Å². The first-order valence-corrected chi connectivity index (χ1v) is 5.77. The zero-order chi connectivity index (χ0) is 13.1. The SMILES string of the molecule is CN(CC1CC1)C(=O)Nc1ccc(C(=O)O)nc1. The number of aromatic nitrogens is 1. The number of carbonyl (C=O) groups excluding carboxylic acids is 1. The van der Waals surface area contributed by atoms with Crippen molar-refractivity contribution < 1.29 is 14.7 Å². The maximum atomic E-state index is 11.8. The van der Waals surface area contributed by atoms with E-state index in [4.69, 9.17) is 5.11 Å². The summed E-state index contributed by atoms with van der Waals surface area (Å²) in [5, 5.41) is 11.4. The molecule has 1 fully saturated rings. The fraction of sp³-hybridized carbons (Fsp3) is 0.417. The summed E-state index contributed by atoms with van der Waals surface area (Å²) in [6.07, 6.45) is 3.71. The van der Waals surface area contributed by atoms with Crippen molar-refractivity contribution in [2.45, 2.75) is 12.8 Å². The van der Waals surface area contributed by atoms with Gasteiger partial charge in [-0.3, -0.25) is 0 Å². The molecule has 0 saturated heterocycles. The monoisotopic (exact) mass is 249 g/mol. The third-order valence-electron chi connectivity index (χ3n) is 2.81. The average Bonchev–Trinajstić information content (AvgIpc) is 3.13. The smallest absolute Gasteiger partial charge is 0.354 e. The Bertz CT molecular complexity index is 454. The van der Waals surface area contributed by atoms with Crippen molar-refractivity contribution >= 4 is 17.7 Å². The van der Waals surface area contributed by atoms with Crippen LogP contribution >= 0.6 is 0 Å². The van der Waals surface area contributed by atoms with E-state index in [1.165, 1.54) is 31.2 Å². The van der Waals surface area contributed by atoms with Crippen molar-refractivity contribution in [1.82, 2.24) is 9.88 Å². The summed E-state index contributed by atoms with van der Waals surface area (Å²) >= 11 is 0. The number of nitrogens with zero attached hydrogens (tertiary/aromatic N) is 2. The molecule has 1 aliphatic carbocycles. The predicted octanol–water partition coefficient (Wildman–Crippen LogP) is 1.65. The molecule has 0 bridgehead atoms. The molecule has 2 rings (SSSR count). The summed E-state index contributed by atoms with van der Waals surface area (Å²) in [5.41, 5.74) is 0.451. The number of amides is 2. The second-order valence-corrected chi connectivity index (χ2v) is 4.49. The van der Waals surface area contributed by atoms with Gasteiger partial charge in [0.25, 0.3) is 0 Å². The van der Waals surface area contributed by atoms with Gasteiger partial charge in [0.1, 0.15) is 5.69 Å². The number of rotatable bonds is 4. The van der Waals surface area contributed by atoms with Crippen molar-refractivity contribution in [1.29, 1.82) is 0 Å². The van der Waals surface area contributed by atoms with E-state index in [9.17, 15) is 9.59 Å². The van der Waals surface area contributed by atoms with Gasteiger partial charge in [-0.15, -0.1) is 0 Å². The number of nitrogens with one attached hydrogen (secondary N) is 1. The average molecular weight is 249 g/mol. The van der Waals surface area contributed by atoms with Crippen molar-refractivity contribution in [3.63, 3.8) is 0 Å². The van der Waals surface area contributed by atoms with Gasteiger partial charge >= 0.3 is 12.0 Å². The molecule has 0 atom stereocenters. The first-order valence-electron chi connectivity index (χ1n) is 5.77. The normalized spacial score (nSPS) is 14.1. The molecule has 0 aliphatic heterocycles. The minimum Gasteiger partial charge on any atom is -0.477 e. The molecule has 1 aliphatic rings. The van der Waals surface area contributed by atoms with Gasteiger partial charge in [0.05, 0.1) is 11.9 Å². The van der Waals surface area contributed by atoms with E-state index >= 15 is 0 Å². The van der Waals surface area contributed by atoms with Crippen LogP contribution in [0, 0.1) is 5.92 Å². The molecule has 6 nitrogen and oxygen atoms in total. The number of hydrogen-bond donors (Lipinski definition) is 2. The summed E-state index contributed by atoms with van der Waals surface area (Å²) in [7, 11) is 1.74. The minimum atomic E-state index is -1.08. The highest BCUT2D eigenvalue weighted by molar-refractivity contribution is 5.90. The van der Waals surface area contributed by atoms with Crippen LogP contribution in [0.4, 0.5) is 10.5 Å². The lowest BCUT2D eigenvalue weighted by Crippen LogP contribution is -2.32. The predicted molar refractivity (Wildman–Crippen MR) is 65.6 cm³/mol. The second-order valence-electron chi connectivity index (χ2n) is 4.49. The molecule has 2 amide bonds. The Morgan fingerprint density at radius 3 is 2.72 bits per heavy atom. The highest BCUT2D eigenvalue weighted by Gasteiger charge is 2.24. The highest BCUT2D eigenvalue weighted by atomic mass is 16.4. The van der Waals surface area contributed by atoms with Crippen LogP contribution in [0.5, 0.6) is 0 Å². The molecular formula is C12H15N3O3. The fourth-order valence-corrected chi connectivity index (χ4v) is 1.58. The number of carboxylic acid groups (broad SMARTS) is 1. The van der Waals surface area contributed by atoms with Crippen molar-refractivity contribution in [3.8, 4) is 0 Å². The van der Waals surface area contributed by atoms with E-state index in [-0.39, 0.29) is 11.7 Å². The third kappa shape index (κ3) is 3.19. The van der Waals surface area contributed by atoms with E-state index in [0.29, 0.717) is 11.6 Å². The quantitative estimate of drug-likeness (QED) is 0.850. The molecule has 6 heteroatoms. The zero-order valence-electron chi connectivity index (χ0n) is 10.1. The molecule has 0 unspecified atom stereocenters. The Morgan fingerprint density at radius 2 is 2.22 bits per heavy atom. The van der Waals surface area contributed by atoms with Crippen LogP contribution in [-0.2, 0) is 0 Å². The van der Waals surface area contributed by atoms with Crippen LogP contribution in [0.2, 0.25) is 0 Å². The van der Waals surface area contributed by atoms with Gasteiger partial charge < -0.3 is 15.3 Å². The Balaban J connectivity index is 1.91. The van der Waals surface area contributed by atoms with Crippen LogP contribution in [0.1, 0.15) is 23.3 Å². The first-order chi connectivity index (χ1) is 8.56.